The summed E-state index contributed by atoms with van der Waals surface area (Å²) < 4.78 is 13.9. The van der Waals surface area contributed by atoms with Gasteiger partial charge in [0.25, 0.3) is 5.56 Å². The van der Waals surface area contributed by atoms with Gasteiger partial charge in [-0.15, -0.1) is 0 Å². The Bertz CT molecular complexity index is 755. The SMILES string of the molecule is O=c1[nH]c(=S)[nH]c2c1CN(Cc1cccnc1F)CC2. The number of pyridine rings is 1. The summed E-state index contributed by atoms with van der Waals surface area (Å²) in [7, 11) is 0. The number of fused-ring (bicyclic) bond motifs is 1. The molecular formula is C13H13FN4OS. The number of rotatable bonds is 2. The van der Waals surface area contributed by atoms with E-state index < -0.39 is 5.95 Å². The number of nitrogens with zero attached hydrogens (tertiary/aromatic N) is 2. The molecule has 0 atom stereocenters. The van der Waals surface area contributed by atoms with E-state index in [-0.39, 0.29) is 5.56 Å². The zero-order valence-corrected chi connectivity index (χ0v) is 11.5. The highest BCUT2D eigenvalue weighted by Crippen LogP contribution is 2.16. The average Bonchev–Trinajstić information content (AvgIpc) is 2.42. The van der Waals surface area contributed by atoms with Crippen LogP contribution in [0.1, 0.15) is 16.8 Å². The first-order valence-electron chi connectivity index (χ1n) is 6.29. The summed E-state index contributed by atoms with van der Waals surface area (Å²) in [5.41, 5.74) is 1.92. The molecule has 3 heterocycles. The van der Waals surface area contributed by atoms with E-state index in [1.165, 1.54) is 6.20 Å². The third-order valence-electron chi connectivity index (χ3n) is 3.42. The monoisotopic (exact) mass is 292 g/mol. The first-order chi connectivity index (χ1) is 9.63. The van der Waals surface area contributed by atoms with Crippen molar-refractivity contribution in [1.82, 2.24) is 19.9 Å². The minimum Gasteiger partial charge on any atom is -0.335 e. The summed E-state index contributed by atoms with van der Waals surface area (Å²) in [6.45, 7) is 1.66. The molecule has 0 spiro atoms. The van der Waals surface area contributed by atoms with Crippen LogP contribution in [0.2, 0.25) is 0 Å². The van der Waals surface area contributed by atoms with Gasteiger partial charge in [-0.25, -0.2) is 4.98 Å². The molecule has 3 rings (SSSR count). The number of aromatic amines is 2. The van der Waals surface area contributed by atoms with Crippen LogP contribution in [0.5, 0.6) is 0 Å². The number of aromatic nitrogens is 3. The highest BCUT2D eigenvalue weighted by Gasteiger charge is 2.20. The Labute approximate surface area is 119 Å². The van der Waals surface area contributed by atoms with Crippen LogP contribution in [0, 0.1) is 10.7 Å². The van der Waals surface area contributed by atoms with Gasteiger partial charge >= 0.3 is 0 Å². The van der Waals surface area contributed by atoms with Gasteiger partial charge < -0.3 is 4.98 Å². The van der Waals surface area contributed by atoms with E-state index in [1.54, 1.807) is 12.1 Å². The van der Waals surface area contributed by atoms with Crippen LogP contribution in [0.25, 0.3) is 0 Å². The Morgan fingerprint density at radius 1 is 1.45 bits per heavy atom. The van der Waals surface area contributed by atoms with Crippen molar-refractivity contribution in [1.29, 1.82) is 0 Å². The van der Waals surface area contributed by atoms with Crippen molar-refractivity contribution in [2.75, 3.05) is 6.54 Å². The van der Waals surface area contributed by atoms with E-state index in [0.29, 0.717) is 35.4 Å². The minimum absolute atomic E-state index is 0.167. The lowest BCUT2D eigenvalue weighted by molar-refractivity contribution is 0.237. The molecule has 2 aromatic rings. The van der Waals surface area contributed by atoms with Crippen LogP contribution in [0.15, 0.2) is 23.1 Å². The number of halogens is 1. The number of H-pyrrole nitrogens is 2. The Hall–Kier alpha value is -1.86. The van der Waals surface area contributed by atoms with Crippen molar-refractivity contribution < 1.29 is 4.39 Å². The van der Waals surface area contributed by atoms with Gasteiger partial charge in [-0.05, 0) is 18.3 Å². The molecule has 1 aliphatic rings. The van der Waals surface area contributed by atoms with E-state index >= 15 is 0 Å². The van der Waals surface area contributed by atoms with E-state index in [1.807, 2.05) is 4.90 Å². The van der Waals surface area contributed by atoms with Gasteiger partial charge in [-0.2, -0.15) is 4.39 Å². The molecule has 0 unspecified atom stereocenters. The van der Waals surface area contributed by atoms with Crippen molar-refractivity contribution in [3.05, 3.63) is 56.2 Å². The fourth-order valence-electron chi connectivity index (χ4n) is 2.43. The molecular weight excluding hydrogens is 279 g/mol. The molecule has 0 fully saturated rings. The van der Waals surface area contributed by atoms with Crippen LogP contribution in [0.3, 0.4) is 0 Å². The smallest absolute Gasteiger partial charge is 0.256 e. The zero-order valence-electron chi connectivity index (χ0n) is 10.6. The van der Waals surface area contributed by atoms with Crippen LogP contribution in [0.4, 0.5) is 4.39 Å². The van der Waals surface area contributed by atoms with Crippen molar-refractivity contribution >= 4 is 12.2 Å². The standard InChI is InChI=1S/C13H13FN4OS/c14-11-8(2-1-4-15-11)6-18-5-3-10-9(7-18)12(19)17-13(20)16-10/h1-2,4H,3,5-7H2,(H2,16,17,19,20). The number of nitrogens with one attached hydrogen (secondary N) is 2. The second-order valence-corrected chi connectivity index (χ2v) is 5.19. The van der Waals surface area contributed by atoms with E-state index in [9.17, 15) is 9.18 Å². The van der Waals surface area contributed by atoms with Crippen LogP contribution in [-0.4, -0.2) is 26.4 Å². The first-order valence-corrected chi connectivity index (χ1v) is 6.70. The summed E-state index contributed by atoms with van der Waals surface area (Å²) >= 11 is 4.95. The van der Waals surface area contributed by atoms with Crippen molar-refractivity contribution in [2.24, 2.45) is 0 Å². The molecule has 20 heavy (non-hydrogen) atoms. The maximum absolute atomic E-state index is 13.5. The number of hydrogen-bond acceptors (Lipinski definition) is 4. The molecule has 0 aromatic carbocycles. The summed E-state index contributed by atoms with van der Waals surface area (Å²) in [5.74, 6) is -0.459. The Balaban J connectivity index is 1.84. The van der Waals surface area contributed by atoms with Gasteiger partial charge in [0.1, 0.15) is 0 Å². The number of hydrogen-bond donors (Lipinski definition) is 2. The molecule has 0 radical (unpaired) electrons. The van der Waals surface area contributed by atoms with Crippen LogP contribution >= 0.6 is 12.2 Å². The molecule has 2 N–H and O–H groups in total. The lowest BCUT2D eigenvalue weighted by Crippen LogP contribution is -2.35. The van der Waals surface area contributed by atoms with E-state index in [0.717, 1.165) is 12.2 Å². The maximum Gasteiger partial charge on any atom is 0.256 e. The maximum atomic E-state index is 13.5. The first kappa shape index (κ1) is 13.1. The molecule has 0 amide bonds. The van der Waals surface area contributed by atoms with Crippen LogP contribution < -0.4 is 5.56 Å². The van der Waals surface area contributed by atoms with Gasteiger partial charge in [0.2, 0.25) is 5.95 Å². The molecule has 0 saturated carbocycles. The zero-order chi connectivity index (χ0) is 14.1. The molecule has 0 bridgehead atoms. The topological polar surface area (TPSA) is 64.8 Å². The Morgan fingerprint density at radius 2 is 2.30 bits per heavy atom. The summed E-state index contributed by atoms with van der Waals surface area (Å²) in [4.78, 5) is 23.1. The lowest BCUT2D eigenvalue weighted by atomic mass is 10.1. The van der Waals surface area contributed by atoms with Crippen molar-refractivity contribution in [3.63, 3.8) is 0 Å². The molecule has 5 nitrogen and oxygen atoms in total. The van der Waals surface area contributed by atoms with Crippen molar-refractivity contribution in [2.45, 2.75) is 19.5 Å². The lowest BCUT2D eigenvalue weighted by Gasteiger charge is -2.27. The summed E-state index contributed by atoms with van der Waals surface area (Å²) in [6.07, 6.45) is 2.12. The molecule has 2 aromatic heterocycles. The van der Waals surface area contributed by atoms with E-state index in [4.69, 9.17) is 12.2 Å². The quantitative estimate of drug-likeness (QED) is 0.651. The van der Waals surface area contributed by atoms with Crippen molar-refractivity contribution in [3.8, 4) is 0 Å². The van der Waals surface area contributed by atoms with Gasteiger partial charge in [0, 0.05) is 43.5 Å². The predicted molar refractivity (Wildman–Crippen MR) is 74.3 cm³/mol. The molecule has 0 aliphatic carbocycles. The predicted octanol–water partition coefficient (Wildman–Crippen LogP) is 1.52. The summed E-state index contributed by atoms with van der Waals surface area (Å²) in [6, 6.07) is 3.42. The fraction of sp³-hybridized carbons (Fsp3) is 0.308. The average molecular weight is 292 g/mol. The molecule has 7 heteroatoms. The summed E-state index contributed by atoms with van der Waals surface area (Å²) in [5, 5.41) is 0. The highest BCUT2D eigenvalue weighted by atomic mass is 32.1. The normalized spacial score (nSPS) is 15.1. The highest BCUT2D eigenvalue weighted by molar-refractivity contribution is 7.71. The minimum atomic E-state index is -0.459. The fourth-order valence-corrected chi connectivity index (χ4v) is 2.64. The van der Waals surface area contributed by atoms with Gasteiger partial charge in [0.05, 0.1) is 5.56 Å². The van der Waals surface area contributed by atoms with Crippen LogP contribution in [-0.2, 0) is 19.5 Å². The third kappa shape index (κ3) is 2.54. The second-order valence-electron chi connectivity index (χ2n) is 4.78. The Kier molecular flexibility index (Phi) is 3.45. The molecule has 0 saturated heterocycles. The molecule has 1 aliphatic heterocycles. The third-order valence-corrected chi connectivity index (χ3v) is 3.62. The second kappa shape index (κ2) is 5.26. The van der Waals surface area contributed by atoms with Gasteiger partial charge in [-0.3, -0.25) is 14.7 Å². The van der Waals surface area contributed by atoms with Gasteiger partial charge in [-0.1, -0.05) is 6.07 Å². The molecule has 104 valence electrons. The van der Waals surface area contributed by atoms with Gasteiger partial charge in [0.15, 0.2) is 4.77 Å². The largest absolute Gasteiger partial charge is 0.335 e. The Morgan fingerprint density at radius 3 is 3.10 bits per heavy atom. The van der Waals surface area contributed by atoms with E-state index in [2.05, 4.69) is 15.0 Å².